The van der Waals surface area contributed by atoms with Crippen molar-refractivity contribution in [2.24, 2.45) is 11.7 Å². The molecule has 15 heavy (non-hydrogen) atoms. The van der Waals surface area contributed by atoms with Gasteiger partial charge in [-0.25, -0.2) is 0 Å². The van der Waals surface area contributed by atoms with Gasteiger partial charge in [0.2, 0.25) is 0 Å². The lowest BCUT2D eigenvalue weighted by atomic mass is 10.2. The zero-order valence-corrected chi connectivity index (χ0v) is 10.7. The van der Waals surface area contributed by atoms with E-state index in [1.54, 1.807) is 12.1 Å². The fourth-order valence-corrected chi connectivity index (χ4v) is 1.18. The van der Waals surface area contributed by atoms with E-state index in [0.717, 1.165) is 0 Å². The molecule has 1 atom stereocenters. The van der Waals surface area contributed by atoms with Gasteiger partial charge in [0, 0.05) is 6.54 Å². The molecule has 1 unspecified atom stereocenters. The summed E-state index contributed by atoms with van der Waals surface area (Å²) in [6, 6.07) is 3.30. The lowest BCUT2D eigenvalue weighted by Crippen LogP contribution is -2.30. The van der Waals surface area contributed by atoms with Crippen LogP contribution in [0.2, 0.25) is 0 Å². The highest BCUT2D eigenvalue weighted by Crippen LogP contribution is 2.13. The van der Waals surface area contributed by atoms with Crippen molar-refractivity contribution in [2.45, 2.75) is 6.92 Å². The summed E-state index contributed by atoms with van der Waals surface area (Å²) in [5.41, 5.74) is 5.42. The van der Waals surface area contributed by atoms with Crippen LogP contribution in [-0.2, 0) is 0 Å². The molecule has 0 saturated heterocycles. The first-order chi connectivity index (χ1) is 6.63. The van der Waals surface area contributed by atoms with Gasteiger partial charge in [-0.05, 0) is 40.5 Å². The topological polar surface area (TPSA) is 68.3 Å². The van der Waals surface area contributed by atoms with Gasteiger partial charge in [0.1, 0.15) is 0 Å². The Kier molecular flexibility index (Phi) is 6.63. The fourth-order valence-electron chi connectivity index (χ4n) is 0.874. The zero-order valence-electron chi connectivity index (χ0n) is 8.33. The summed E-state index contributed by atoms with van der Waals surface area (Å²) >= 11 is 3.13. The van der Waals surface area contributed by atoms with Gasteiger partial charge < -0.3 is 15.5 Å². The van der Waals surface area contributed by atoms with Crippen molar-refractivity contribution in [2.75, 3.05) is 13.1 Å². The molecule has 0 saturated carbocycles. The van der Waals surface area contributed by atoms with Gasteiger partial charge in [-0.1, -0.05) is 6.92 Å². The minimum absolute atomic E-state index is 0. The number of hydrogen-bond acceptors (Lipinski definition) is 3. The van der Waals surface area contributed by atoms with Crippen molar-refractivity contribution < 1.29 is 9.21 Å². The molecule has 0 aliphatic rings. The molecule has 1 heterocycles. The summed E-state index contributed by atoms with van der Waals surface area (Å²) in [6.45, 7) is 3.09. The van der Waals surface area contributed by atoms with E-state index in [4.69, 9.17) is 10.2 Å². The number of hydrogen-bond donors (Lipinski definition) is 2. The first-order valence-corrected chi connectivity index (χ1v) is 5.16. The second-order valence-electron chi connectivity index (χ2n) is 3.15. The summed E-state index contributed by atoms with van der Waals surface area (Å²) < 4.78 is 5.64. The molecule has 4 nitrogen and oxygen atoms in total. The van der Waals surface area contributed by atoms with E-state index in [0.29, 0.717) is 23.5 Å². The molecule has 1 aromatic rings. The fraction of sp³-hybridized carbons (Fsp3) is 0.444. The van der Waals surface area contributed by atoms with Crippen LogP contribution in [0.4, 0.5) is 0 Å². The van der Waals surface area contributed by atoms with E-state index in [9.17, 15) is 4.79 Å². The van der Waals surface area contributed by atoms with Crippen molar-refractivity contribution in [3.05, 3.63) is 22.6 Å². The third-order valence-corrected chi connectivity index (χ3v) is 2.24. The van der Waals surface area contributed by atoms with Crippen LogP contribution < -0.4 is 11.1 Å². The number of amides is 1. The second-order valence-corrected chi connectivity index (χ2v) is 3.94. The maximum atomic E-state index is 11.4. The molecular weight excluding hydrogens is 283 g/mol. The van der Waals surface area contributed by atoms with E-state index in [-0.39, 0.29) is 24.2 Å². The first-order valence-electron chi connectivity index (χ1n) is 4.37. The summed E-state index contributed by atoms with van der Waals surface area (Å²) in [7, 11) is 0. The highest BCUT2D eigenvalue weighted by Gasteiger charge is 2.10. The third-order valence-electron chi connectivity index (χ3n) is 1.81. The van der Waals surface area contributed by atoms with Crippen LogP contribution in [0.1, 0.15) is 17.5 Å². The Morgan fingerprint density at radius 3 is 2.80 bits per heavy atom. The molecule has 0 aliphatic carbocycles. The lowest BCUT2D eigenvalue weighted by molar-refractivity contribution is 0.0919. The zero-order chi connectivity index (χ0) is 10.6. The van der Waals surface area contributed by atoms with Crippen LogP contribution >= 0.6 is 28.3 Å². The second kappa shape index (κ2) is 6.87. The van der Waals surface area contributed by atoms with Crippen LogP contribution in [0.15, 0.2) is 21.2 Å². The average molecular weight is 298 g/mol. The average Bonchev–Trinajstić information content (AvgIpc) is 2.60. The monoisotopic (exact) mass is 296 g/mol. The normalized spacial score (nSPS) is 11.7. The number of nitrogens with two attached hydrogens (primary N) is 1. The molecule has 1 rings (SSSR count). The minimum Gasteiger partial charge on any atom is -0.444 e. The van der Waals surface area contributed by atoms with E-state index in [1.165, 1.54) is 0 Å². The summed E-state index contributed by atoms with van der Waals surface area (Å²) in [5.74, 6) is 0.370. The van der Waals surface area contributed by atoms with Gasteiger partial charge in [-0.2, -0.15) is 0 Å². The van der Waals surface area contributed by atoms with Crippen molar-refractivity contribution >= 4 is 34.2 Å². The number of carbonyl (C=O) groups is 1. The van der Waals surface area contributed by atoms with Crippen LogP contribution in [0.25, 0.3) is 0 Å². The Balaban J connectivity index is 0.00000196. The van der Waals surface area contributed by atoms with Crippen molar-refractivity contribution in [1.82, 2.24) is 5.32 Å². The van der Waals surface area contributed by atoms with E-state index >= 15 is 0 Å². The van der Waals surface area contributed by atoms with Gasteiger partial charge in [0.15, 0.2) is 10.4 Å². The predicted octanol–water partition coefficient (Wildman–Crippen LogP) is 1.79. The Hall–Kier alpha value is -0.520. The Bertz CT molecular complexity index is 317. The molecule has 0 aromatic carbocycles. The molecule has 0 aliphatic heterocycles. The molecular formula is C9H14BrClN2O2. The van der Waals surface area contributed by atoms with Gasteiger partial charge in [-0.3, -0.25) is 4.79 Å². The van der Waals surface area contributed by atoms with Crippen molar-refractivity contribution in [1.29, 1.82) is 0 Å². The molecule has 86 valence electrons. The van der Waals surface area contributed by atoms with Crippen LogP contribution in [-0.4, -0.2) is 19.0 Å². The third kappa shape index (κ3) is 4.68. The van der Waals surface area contributed by atoms with Crippen molar-refractivity contribution in [3.63, 3.8) is 0 Å². The standard InChI is InChI=1S/C9H13BrN2O2.ClH/c1-6(4-11)5-12-9(13)7-2-3-8(10)14-7;/h2-3,6H,4-5,11H2,1H3,(H,12,13);1H. The predicted molar refractivity (Wildman–Crippen MR) is 64.2 cm³/mol. The Labute approximate surface area is 103 Å². The van der Waals surface area contributed by atoms with Crippen LogP contribution in [0.5, 0.6) is 0 Å². The van der Waals surface area contributed by atoms with Gasteiger partial charge in [0.05, 0.1) is 0 Å². The molecule has 6 heteroatoms. The Morgan fingerprint density at radius 2 is 2.33 bits per heavy atom. The van der Waals surface area contributed by atoms with Gasteiger partial charge in [-0.15, -0.1) is 12.4 Å². The smallest absolute Gasteiger partial charge is 0.287 e. The number of halogens is 2. The summed E-state index contributed by atoms with van der Waals surface area (Å²) in [5, 5.41) is 2.73. The maximum absolute atomic E-state index is 11.4. The molecule has 0 bridgehead atoms. The van der Waals surface area contributed by atoms with Gasteiger partial charge in [0.25, 0.3) is 5.91 Å². The molecule has 1 aromatic heterocycles. The molecule has 0 fully saturated rings. The molecule has 1 amide bonds. The SMILES string of the molecule is CC(CN)CNC(=O)c1ccc(Br)o1.Cl. The van der Waals surface area contributed by atoms with Crippen LogP contribution in [0, 0.1) is 5.92 Å². The number of rotatable bonds is 4. The molecule has 0 radical (unpaired) electrons. The quantitative estimate of drug-likeness (QED) is 0.890. The number of nitrogens with one attached hydrogen (secondary N) is 1. The maximum Gasteiger partial charge on any atom is 0.287 e. The van der Waals surface area contributed by atoms with E-state index < -0.39 is 0 Å². The van der Waals surface area contributed by atoms with Crippen molar-refractivity contribution in [3.8, 4) is 0 Å². The van der Waals surface area contributed by atoms with E-state index in [1.807, 2.05) is 6.92 Å². The van der Waals surface area contributed by atoms with E-state index in [2.05, 4.69) is 21.2 Å². The Morgan fingerprint density at radius 1 is 1.67 bits per heavy atom. The lowest BCUT2D eigenvalue weighted by Gasteiger charge is -2.08. The number of furan rings is 1. The number of carbonyl (C=O) groups excluding carboxylic acids is 1. The summed E-state index contributed by atoms with van der Waals surface area (Å²) in [4.78, 5) is 11.4. The molecule has 3 N–H and O–H groups in total. The highest BCUT2D eigenvalue weighted by molar-refractivity contribution is 9.10. The largest absolute Gasteiger partial charge is 0.444 e. The first kappa shape index (κ1) is 14.5. The van der Waals surface area contributed by atoms with Crippen LogP contribution in [0.3, 0.4) is 0 Å². The highest BCUT2D eigenvalue weighted by atomic mass is 79.9. The minimum atomic E-state index is -0.212. The summed E-state index contributed by atoms with van der Waals surface area (Å²) in [6.07, 6.45) is 0. The molecule has 0 spiro atoms. The van der Waals surface area contributed by atoms with Gasteiger partial charge >= 0.3 is 0 Å².